The van der Waals surface area contributed by atoms with Gasteiger partial charge in [0, 0.05) is 6.07 Å². The van der Waals surface area contributed by atoms with Gasteiger partial charge in [0.15, 0.2) is 11.5 Å². The van der Waals surface area contributed by atoms with E-state index in [-0.39, 0.29) is 42.3 Å². The molecule has 2 aromatic carbocycles. The van der Waals surface area contributed by atoms with Crippen LogP contribution in [0.4, 0.5) is 5.69 Å². The summed E-state index contributed by atoms with van der Waals surface area (Å²) in [4.78, 5) is 27.1. The molecule has 2 aliphatic heterocycles. The first-order valence-electron chi connectivity index (χ1n) is 9.43. The van der Waals surface area contributed by atoms with Gasteiger partial charge in [-0.2, -0.15) is 0 Å². The van der Waals surface area contributed by atoms with Crippen molar-refractivity contribution in [3.05, 3.63) is 54.6 Å². The number of hydrogen-bond donors (Lipinski definition) is 0. The Bertz CT molecular complexity index is 998. The molecule has 2 aliphatic carbocycles. The highest BCUT2D eigenvalue weighted by Crippen LogP contribution is 2.53. The average molecular weight is 375 g/mol. The van der Waals surface area contributed by atoms with Crippen LogP contribution in [0.5, 0.6) is 23.0 Å². The molecule has 140 valence electrons. The molecular weight excluding hydrogens is 358 g/mol. The summed E-state index contributed by atoms with van der Waals surface area (Å²) >= 11 is 0. The number of carbonyl (C=O) groups excluding carboxylic acids is 2. The molecule has 4 atom stereocenters. The molecule has 0 aromatic heterocycles. The largest absolute Gasteiger partial charge is 0.457 e. The van der Waals surface area contributed by atoms with Crippen molar-refractivity contribution in [2.24, 2.45) is 23.7 Å². The fourth-order valence-corrected chi connectivity index (χ4v) is 4.90. The van der Waals surface area contributed by atoms with Crippen molar-refractivity contribution in [3.8, 4) is 23.0 Å². The number of benzene rings is 2. The van der Waals surface area contributed by atoms with E-state index in [0.717, 1.165) is 6.42 Å². The van der Waals surface area contributed by atoms with E-state index >= 15 is 0 Å². The van der Waals surface area contributed by atoms with Gasteiger partial charge < -0.3 is 14.2 Å². The van der Waals surface area contributed by atoms with Crippen molar-refractivity contribution < 1.29 is 23.8 Å². The van der Waals surface area contributed by atoms with E-state index in [1.807, 2.05) is 0 Å². The number of allylic oxidation sites excluding steroid dienone is 2. The van der Waals surface area contributed by atoms with Crippen LogP contribution in [-0.4, -0.2) is 18.6 Å². The zero-order valence-corrected chi connectivity index (χ0v) is 14.9. The van der Waals surface area contributed by atoms with Crippen molar-refractivity contribution in [3.63, 3.8) is 0 Å². The van der Waals surface area contributed by atoms with Crippen LogP contribution in [0, 0.1) is 23.7 Å². The molecule has 2 bridgehead atoms. The zero-order chi connectivity index (χ0) is 18.8. The molecule has 28 heavy (non-hydrogen) atoms. The molecule has 4 aliphatic rings. The molecule has 0 unspecified atom stereocenters. The topological polar surface area (TPSA) is 65.1 Å². The molecule has 2 fully saturated rings. The molecule has 1 saturated heterocycles. The molecule has 6 nitrogen and oxygen atoms in total. The van der Waals surface area contributed by atoms with Crippen molar-refractivity contribution in [2.75, 3.05) is 11.7 Å². The van der Waals surface area contributed by atoms with Gasteiger partial charge in [-0.05, 0) is 54.7 Å². The number of fused-ring (bicyclic) bond motifs is 6. The van der Waals surface area contributed by atoms with Crippen LogP contribution in [-0.2, 0) is 9.59 Å². The first-order valence-corrected chi connectivity index (χ1v) is 9.43. The van der Waals surface area contributed by atoms with Gasteiger partial charge in [0.05, 0.1) is 17.5 Å². The van der Waals surface area contributed by atoms with Gasteiger partial charge in [-0.3, -0.25) is 14.5 Å². The quantitative estimate of drug-likeness (QED) is 0.607. The van der Waals surface area contributed by atoms with Gasteiger partial charge in [-0.1, -0.05) is 12.2 Å². The summed E-state index contributed by atoms with van der Waals surface area (Å²) in [5.74, 6) is 2.49. The van der Waals surface area contributed by atoms with Crippen LogP contribution in [0.2, 0.25) is 0 Å². The first kappa shape index (κ1) is 15.7. The Morgan fingerprint density at radius 1 is 0.821 bits per heavy atom. The number of rotatable bonds is 3. The number of hydrogen-bond acceptors (Lipinski definition) is 5. The highest BCUT2D eigenvalue weighted by atomic mass is 16.7. The number of anilines is 1. The number of nitrogens with zero attached hydrogens (tertiary/aromatic N) is 1. The third-order valence-corrected chi connectivity index (χ3v) is 6.15. The Labute approximate surface area is 161 Å². The van der Waals surface area contributed by atoms with Gasteiger partial charge in [0.2, 0.25) is 18.6 Å². The molecule has 0 N–H and O–H groups in total. The third-order valence-electron chi connectivity index (χ3n) is 6.15. The zero-order valence-electron chi connectivity index (χ0n) is 14.9. The van der Waals surface area contributed by atoms with E-state index in [0.29, 0.717) is 28.7 Å². The van der Waals surface area contributed by atoms with Crippen LogP contribution in [0.25, 0.3) is 0 Å². The average Bonchev–Trinajstić information content (AvgIpc) is 3.47. The monoisotopic (exact) mass is 375 g/mol. The molecule has 6 rings (SSSR count). The standard InChI is InChI=1S/C22H17NO5/c24-21-19-12-1-2-13(9-12)20(19)22(25)23(21)14-3-5-15(6-4-14)28-16-7-8-17-18(10-16)27-11-26-17/h1-8,10,12-13,19-20H,9,11H2/t12-,13+,19-,20-/m0/s1. The van der Waals surface area contributed by atoms with E-state index in [2.05, 4.69) is 12.2 Å². The number of ether oxygens (including phenoxy) is 3. The second kappa shape index (κ2) is 5.61. The van der Waals surface area contributed by atoms with Crippen molar-refractivity contribution >= 4 is 17.5 Å². The predicted molar refractivity (Wildman–Crippen MR) is 99.3 cm³/mol. The van der Waals surface area contributed by atoms with Crippen LogP contribution >= 0.6 is 0 Å². The molecule has 0 radical (unpaired) electrons. The fraction of sp³-hybridized carbons (Fsp3) is 0.273. The minimum absolute atomic E-state index is 0.0729. The van der Waals surface area contributed by atoms with E-state index in [9.17, 15) is 9.59 Å². The lowest BCUT2D eigenvalue weighted by molar-refractivity contribution is -0.123. The highest BCUT2D eigenvalue weighted by Gasteiger charge is 2.59. The third kappa shape index (κ3) is 2.14. The van der Waals surface area contributed by atoms with Crippen LogP contribution in [0.3, 0.4) is 0 Å². The van der Waals surface area contributed by atoms with Gasteiger partial charge in [-0.15, -0.1) is 0 Å². The van der Waals surface area contributed by atoms with E-state index in [1.165, 1.54) is 4.90 Å². The summed E-state index contributed by atoms with van der Waals surface area (Å²) in [5.41, 5.74) is 0.599. The lowest BCUT2D eigenvalue weighted by atomic mass is 9.85. The van der Waals surface area contributed by atoms with Crippen molar-refractivity contribution in [2.45, 2.75) is 6.42 Å². The SMILES string of the molecule is O=C1[C@@H]2[C@@H](C(=O)N1c1ccc(Oc3ccc4c(c3)OCO4)cc1)[C@H]1C=C[C@@H]2C1. The summed E-state index contributed by atoms with van der Waals surface area (Å²) in [5, 5.41) is 0. The maximum absolute atomic E-state index is 12.9. The number of imide groups is 1. The predicted octanol–water partition coefficient (Wildman–Crippen LogP) is 3.52. The Hall–Kier alpha value is -3.28. The summed E-state index contributed by atoms with van der Waals surface area (Å²) in [7, 11) is 0. The van der Waals surface area contributed by atoms with Crippen LogP contribution < -0.4 is 19.1 Å². The lowest BCUT2D eigenvalue weighted by Gasteiger charge is -2.17. The fourth-order valence-electron chi connectivity index (χ4n) is 4.90. The smallest absolute Gasteiger partial charge is 0.238 e. The molecule has 6 heteroatoms. The Kier molecular flexibility index (Phi) is 3.15. The highest BCUT2D eigenvalue weighted by molar-refractivity contribution is 6.22. The maximum atomic E-state index is 12.9. The summed E-state index contributed by atoms with van der Waals surface area (Å²) in [6, 6.07) is 12.4. The lowest BCUT2D eigenvalue weighted by Crippen LogP contribution is -2.32. The molecule has 2 aromatic rings. The Balaban J connectivity index is 1.23. The van der Waals surface area contributed by atoms with Gasteiger partial charge in [-0.25, -0.2) is 0 Å². The molecule has 2 heterocycles. The van der Waals surface area contributed by atoms with Crippen LogP contribution in [0.15, 0.2) is 54.6 Å². The summed E-state index contributed by atoms with van der Waals surface area (Å²) < 4.78 is 16.5. The Morgan fingerprint density at radius 2 is 1.46 bits per heavy atom. The minimum atomic E-state index is -0.188. The molecule has 2 amide bonds. The van der Waals surface area contributed by atoms with Gasteiger partial charge in [0.1, 0.15) is 11.5 Å². The van der Waals surface area contributed by atoms with E-state index in [1.54, 1.807) is 42.5 Å². The van der Waals surface area contributed by atoms with Crippen molar-refractivity contribution in [1.29, 1.82) is 0 Å². The second-order valence-corrected chi connectivity index (χ2v) is 7.62. The van der Waals surface area contributed by atoms with Crippen molar-refractivity contribution in [1.82, 2.24) is 0 Å². The normalized spacial score (nSPS) is 28.9. The van der Waals surface area contributed by atoms with E-state index < -0.39 is 0 Å². The molecule has 1 saturated carbocycles. The molecule has 0 spiro atoms. The Morgan fingerprint density at radius 3 is 2.18 bits per heavy atom. The van der Waals surface area contributed by atoms with Gasteiger partial charge >= 0.3 is 0 Å². The second-order valence-electron chi connectivity index (χ2n) is 7.62. The van der Waals surface area contributed by atoms with Crippen LogP contribution in [0.1, 0.15) is 6.42 Å². The van der Waals surface area contributed by atoms with Gasteiger partial charge in [0.25, 0.3) is 0 Å². The maximum Gasteiger partial charge on any atom is 0.238 e. The molecular formula is C22H17NO5. The number of carbonyl (C=O) groups is 2. The van der Waals surface area contributed by atoms with E-state index in [4.69, 9.17) is 14.2 Å². The summed E-state index contributed by atoms with van der Waals surface area (Å²) in [6.45, 7) is 0.213. The number of amides is 2. The summed E-state index contributed by atoms with van der Waals surface area (Å²) in [6.07, 6.45) is 5.13. The first-order chi connectivity index (χ1) is 13.7. The minimum Gasteiger partial charge on any atom is -0.457 e.